The van der Waals surface area contributed by atoms with Gasteiger partial charge < -0.3 is 19.8 Å². The summed E-state index contributed by atoms with van der Waals surface area (Å²) in [5.41, 5.74) is 2.13. The largest absolute Gasteiger partial charge is 0.494 e. The Bertz CT molecular complexity index is 1330. The molecule has 2 aromatic carbocycles. The molecule has 0 unspecified atom stereocenters. The van der Waals surface area contributed by atoms with Crippen LogP contribution in [0.25, 0.3) is 0 Å². The van der Waals surface area contributed by atoms with Crippen LogP contribution in [-0.4, -0.2) is 30.9 Å². The summed E-state index contributed by atoms with van der Waals surface area (Å²) in [6.45, 7) is 4.20. The lowest BCUT2D eigenvalue weighted by atomic mass is 10.0. The van der Waals surface area contributed by atoms with Gasteiger partial charge in [-0.15, -0.1) is 11.3 Å². The van der Waals surface area contributed by atoms with Crippen molar-refractivity contribution < 1.29 is 23.5 Å². The molecule has 0 aliphatic heterocycles. The summed E-state index contributed by atoms with van der Waals surface area (Å²) in [4.78, 5) is 41.9. The number of ether oxygens (including phenoxy) is 1. The molecule has 0 saturated heterocycles. The average Bonchev–Trinajstić information content (AvgIpc) is 3.65. The maximum atomic E-state index is 13.7. The molecule has 38 heavy (non-hydrogen) atoms. The van der Waals surface area contributed by atoms with Gasteiger partial charge in [0.25, 0.3) is 5.91 Å². The maximum Gasteiger partial charge on any atom is 0.261 e. The van der Waals surface area contributed by atoms with Gasteiger partial charge in [0, 0.05) is 5.69 Å². The molecule has 0 aliphatic carbocycles. The van der Waals surface area contributed by atoms with Gasteiger partial charge in [-0.1, -0.05) is 35.9 Å². The standard InChI is InChI=1S/C29H29N3O5S/c1-3-36-23-14-12-22(13-15-23)32(26(33)19-31-28(34)25-7-5-17-38-25)27(21-10-8-20(2)9-11-21)29(35)30-18-24-6-4-16-37-24/h4-17,27H,3,18-19H2,1-2H3,(H,30,35)(H,31,34)/t27-/m1/s1. The van der Waals surface area contributed by atoms with Crippen molar-refractivity contribution in [2.75, 3.05) is 18.1 Å². The van der Waals surface area contributed by atoms with Gasteiger partial charge in [-0.2, -0.15) is 0 Å². The highest BCUT2D eigenvalue weighted by atomic mass is 32.1. The van der Waals surface area contributed by atoms with E-state index < -0.39 is 17.9 Å². The molecule has 0 spiro atoms. The molecule has 0 saturated carbocycles. The number of furan rings is 1. The Morgan fingerprint density at radius 1 is 0.974 bits per heavy atom. The normalized spacial score (nSPS) is 11.4. The van der Waals surface area contributed by atoms with E-state index in [2.05, 4.69) is 10.6 Å². The average molecular weight is 532 g/mol. The van der Waals surface area contributed by atoms with Gasteiger partial charge in [0.15, 0.2) is 0 Å². The number of thiophene rings is 1. The van der Waals surface area contributed by atoms with Crippen LogP contribution in [0.2, 0.25) is 0 Å². The lowest BCUT2D eigenvalue weighted by molar-refractivity contribution is -0.126. The Kier molecular flexibility index (Phi) is 8.94. The summed E-state index contributed by atoms with van der Waals surface area (Å²) in [7, 11) is 0. The second-order valence-electron chi connectivity index (χ2n) is 8.46. The van der Waals surface area contributed by atoms with Crippen molar-refractivity contribution in [1.82, 2.24) is 10.6 Å². The Morgan fingerprint density at radius 3 is 2.37 bits per heavy atom. The van der Waals surface area contributed by atoms with Gasteiger partial charge in [0.05, 0.1) is 30.8 Å². The van der Waals surface area contributed by atoms with E-state index in [0.717, 1.165) is 5.56 Å². The second kappa shape index (κ2) is 12.7. The van der Waals surface area contributed by atoms with Crippen molar-refractivity contribution in [2.45, 2.75) is 26.4 Å². The summed E-state index contributed by atoms with van der Waals surface area (Å²) in [5, 5.41) is 7.36. The molecule has 0 bridgehead atoms. The van der Waals surface area contributed by atoms with Crippen LogP contribution in [0.3, 0.4) is 0 Å². The van der Waals surface area contributed by atoms with E-state index >= 15 is 0 Å². The summed E-state index contributed by atoms with van der Waals surface area (Å²) >= 11 is 1.28. The summed E-state index contributed by atoms with van der Waals surface area (Å²) in [6.07, 6.45) is 1.53. The van der Waals surface area contributed by atoms with Crippen LogP contribution in [0.1, 0.15) is 39.5 Å². The number of hydrogen-bond donors (Lipinski definition) is 2. The molecule has 2 N–H and O–H groups in total. The van der Waals surface area contributed by atoms with Crippen molar-refractivity contribution in [3.05, 3.63) is 106 Å². The minimum atomic E-state index is -1.00. The zero-order valence-corrected chi connectivity index (χ0v) is 22.0. The Balaban J connectivity index is 1.68. The Labute approximate surface area is 225 Å². The maximum absolute atomic E-state index is 13.7. The number of aryl methyl sites for hydroxylation is 1. The smallest absolute Gasteiger partial charge is 0.261 e. The summed E-state index contributed by atoms with van der Waals surface area (Å²) < 4.78 is 10.9. The van der Waals surface area contributed by atoms with Crippen LogP contribution < -0.4 is 20.3 Å². The van der Waals surface area contributed by atoms with E-state index in [4.69, 9.17) is 9.15 Å². The van der Waals surface area contributed by atoms with Gasteiger partial charge in [-0.25, -0.2) is 0 Å². The summed E-state index contributed by atoms with van der Waals surface area (Å²) in [6, 6.07) is 20.3. The van der Waals surface area contributed by atoms with Gasteiger partial charge in [-0.3, -0.25) is 19.3 Å². The molecule has 4 aromatic rings. The molecule has 0 radical (unpaired) electrons. The van der Waals surface area contributed by atoms with Crippen LogP contribution in [0.5, 0.6) is 5.75 Å². The molecule has 4 rings (SSSR count). The van der Waals surface area contributed by atoms with E-state index in [9.17, 15) is 14.4 Å². The zero-order valence-electron chi connectivity index (χ0n) is 21.2. The number of nitrogens with zero attached hydrogens (tertiary/aromatic N) is 1. The van der Waals surface area contributed by atoms with Crippen LogP contribution in [0.4, 0.5) is 5.69 Å². The molecule has 0 fully saturated rings. The van der Waals surface area contributed by atoms with Crippen molar-refractivity contribution in [3.8, 4) is 5.75 Å². The van der Waals surface area contributed by atoms with Crippen molar-refractivity contribution in [2.24, 2.45) is 0 Å². The fourth-order valence-electron chi connectivity index (χ4n) is 3.89. The first-order valence-electron chi connectivity index (χ1n) is 12.2. The van der Waals surface area contributed by atoms with Gasteiger partial charge >= 0.3 is 0 Å². The second-order valence-corrected chi connectivity index (χ2v) is 9.41. The first-order valence-corrected chi connectivity index (χ1v) is 13.1. The molecular weight excluding hydrogens is 502 g/mol. The SMILES string of the molecule is CCOc1ccc(N(C(=O)CNC(=O)c2cccs2)[C@@H](C(=O)NCc2ccco2)c2ccc(C)cc2)cc1. The van der Waals surface area contributed by atoms with Gasteiger partial charge in [0.1, 0.15) is 17.6 Å². The van der Waals surface area contributed by atoms with Crippen molar-refractivity contribution in [1.29, 1.82) is 0 Å². The van der Waals surface area contributed by atoms with E-state index in [0.29, 0.717) is 34.2 Å². The van der Waals surface area contributed by atoms with E-state index in [1.165, 1.54) is 22.5 Å². The Morgan fingerprint density at radius 2 is 1.74 bits per heavy atom. The topological polar surface area (TPSA) is 101 Å². The van der Waals surface area contributed by atoms with Crippen molar-refractivity contribution in [3.63, 3.8) is 0 Å². The number of carbonyl (C=O) groups excluding carboxylic acids is 3. The minimum Gasteiger partial charge on any atom is -0.494 e. The van der Waals surface area contributed by atoms with E-state index in [1.807, 2.05) is 38.1 Å². The monoisotopic (exact) mass is 531 g/mol. The summed E-state index contributed by atoms with van der Waals surface area (Å²) in [5.74, 6) is 0.0379. The molecule has 2 heterocycles. The first kappa shape index (κ1) is 26.7. The van der Waals surface area contributed by atoms with Crippen LogP contribution in [0, 0.1) is 6.92 Å². The minimum absolute atomic E-state index is 0.161. The van der Waals surface area contributed by atoms with Crippen LogP contribution >= 0.6 is 11.3 Å². The third kappa shape index (κ3) is 6.68. The number of carbonyl (C=O) groups is 3. The fraction of sp³-hybridized carbons (Fsp3) is 0.207. The number of amides is 3. The first-order chi connectivity index (χ1) is 18.5. The predicted molar refractivity (Wildman–Crippen MR) is 146 cm³/mol. The molecule has 3 amide bonds. The number of benzene rings is 2. The predicted octanol–water partition coefficient (Wildman–Crippen LogP) is 4.87. The number of nitrogens with one attached hydrogen (secondary N) is 2. The lowest BCUT2D eigenvalue weighted by Crippen LogP contribution is -2.47. The lowest BCUT2D eigenvalue weighted by Gasteiger charge is -2.31. The number of anilines is 1. The van der Waals surface area contributed by atoms with E-state index in [-0.39, 0.29) is 19.0 Å². The zero-order chi connectivity index (χ0) is 26.9. The third-order valence-corrected chi connectivity index (χ3v) is 6.62. The number of hydrogen-bond acceptors (Lipinski definition) is 6. The molecular formula is C29H29N3O5S. The highest BCUT2D eigenvalue weighted by molar-refractivity contribution is 7.12. The molecule has 196 valence electrons. The van der Waals surface area contributed by atoms with Gasteiger partial charge in [0.2, 0.25) is 11.8 Å². The molecule has 8 nitrogen and oxygen atoms in total. The van der Waals surface area contributed by atoms with Crippen LogP contribution in [0.15, 0.2) is 88.9 Å². The molecule has 2 aromatic heterocycles. The Hall–Kier alpha value is -4.37. The highest BCUT2D eigenvalue weighted by Crippen LogP contribution is 2.30. The highest BCUT2D eigenvalue weighted by Gasteiger charge is 2.33. The molecule has 1 atom stereocenters. The molecule has 9 heteroatoms. The molecule has 0 aliphatic rings. The third-order valence-electron chi connectivity index (χ3n) is 5.76. The van der Waals surface area contributed by atoms with Crippen molar-refractivity contribution >= 4 is 34.7 Å². The van der Waals surface area contributed by atoms with E-state index in [1.54, 1.807) is 53.9 Å². The fourth-order valence-corrected chi connectivity index (χ4v) is 4.53. The van der Waals surface area contributed by atoms with Crippen LogP contribution in [-0.2, 0) is 16.1 Å². The number of rotatable bonds is 11. The van der Waals surface area contributed by atoms with Gasteiger partial charge in [-0.05, 0) is 67.3 Å². The quantitative estimate of drug-likeness (QED) is 0.288.